The van der Waals surface area contributed by atoms with Crippen LogP contribution in [0.15, 0.2) is 30.6 Å². The number of halogens is 3. The summed E-state index contributed by atoms with van der Waals surface area (Å²) in [5, 5.41) is 0.774. The standard InChI is InChI=1S/C19H30B9ClF2N4O/c20-16(21)8-35(13(36)9-1-2-12(30)11(29)5-9)4-3-15(16,31)19(27,28)34-18(25,26)14-32-6-10(7-33-14)17(22,23)24/h1-2,5-7,34H,3-4,8,20-28H2. The van der Waals surface area contributed by atoms with Gasteiger partial charge in [-0.3, -0.25) is 4.79 Å². The Hall–Kier alpha value is -1.54. The highest BCUT2D eigenvalue weighted by Crippen LogP contribution is 2.48. The molecule has 1 atom stereocenters. The summed E-state index contributed by atoms with van der Waals surface area (Å²) in [6, 6.07) is 3.91. The maximum Gasteiger partial charge on any atom is 0.253 e. The summed E-state index contributed by atoms with van der Waals surface area (Å²) in [6.45, 7) is 0.440. The molecule has 1 N–H and O–H groups in total. The fourth-order valence-corrected chi connectivity index (χ4v) is 5.61. The molecule has 3 rings (SSSR count). The van der Waals surface area contributed by atoms with Gasteiger partial charge in [0.15, 0.2) is 0 Å². The number of aromatic nitrogens is 2. The SMILES string of the molecule is BC(B)(B)c1cnc(C(B)(B)NC(B)(B)C2(F)CCN(C(=O)c3ccc(F)c(Cl)c3)CC2(B)B)nc1. The average Bonchev–Trinajstić information content (AvgIpc) is 2.75. The van der Waals surface area contributed by atoms with E-state index in [0.29, 0.717) is 5.82 Å². The largest absolute Gasteiger partial charge is 0.339 e. The monoisotopic (exact) mass is 502 g/mol. The smallest absolute Gasteiger partial charge is 0.253 e. The molecule has 5 nitrogen and oxygen atoms in total. The minimum atomic E-state index is -1.65. The molecule has 1 aromatic carbocycles. The lowest BCUT2D eigenvalue weighted by molar-refractivity contribution is 0.0167. The van der Waals surface area contributed by atoms with E-state index in [4.69, 9.17) is 11.6 Å². The Morgan fingerprint density at radius 2 is 1.67 bits per heavy atom. The Kier molecular flexibility index (Phi) is 7.78. The van der Waals surface area contributed by atoms with Crippen molar-refractivity contribution in [3.8, 4) is 0 Å². The summed E-state index contributed by atoms with van der Waals surface area (Å²) in [6.07, 6.45) is 3.81. The minimum Gasteiger partial charge on any atom is -0.339 e. The van der Waals surface area contributed by atoms with Crippen molar-refractivity contribution in [3.63, 3.8) is 0 Å². The van der Waals surface area contributed by atoms with Crippen molar-refractivity contribution in [2.24, 2.45) is 0 Å². The van der Waals surface area contributed by atoms with Gasteiger partial charge in [-0.25, -0.2) is 18.7 Å². The number of hydrogen-bond acceptors (Lipinski definition) is 4. The molecule has 0 radical (unpaired) electrons. The maximum absolute atomic E-state index is 17.0. The lowest BCUT2D eigenvalue weighted by Crippen LogP contribution is -2.74. The van der Waals surface area contributed by atoms with Crippen LogP contribution in [0.2, 0.25) is 10.2 Å². The van der Waals surface area contributed by atoms with Crippen LogP contribution in [0.1, 0.15) is 28.2 Å². The Bertz CT molecular complexity index is 1150. The van der Waals surface area contributed by atoms with Crippen LogP contribution in [0.4, 0.5) is 8.78 Å². The zero-order chi connectivity index (χ0) is 27.3. The topological polar surface area (TPSA) is 58.1 Å². The molecule has 1 fully saturated rings. The highest BCUT2D eigenvalue weighted by atomic mass is 35.5. The van der Waals surface area contributed by atoms with E-state index in [1.165, 1.54) is 18.2 Å². The molecule has 1 amide bonds. The summed E-state index contributed by atoms with van der Waals surface area (Å²) in [4.78, 5) is 23.9. The summed E-state index contributed by atoms with van der Waals surface area (Å²) < 4.78 is 30.6. The van der Waals surface area contributed by atoms with Gasteiger partial charge in [-0.1, -0.05) is 16.7 Å². The fourth-order valence-electron chi connectivity index (χ4n) is 5.43. The van der Waals surface area contributed by atoms with Crippen molar-refractivity contribution in [1.29, 1.82) is 0 Å². The highest BCUT2D eigenvalue weighted by molar-refractivity contribution is 6.58. The molecule has 2 aromatic rings. The van der Waals surface area contributed by atoms with E-state index in [1.54, 1.807) is 4.90 Å². The molecule has 17 heteroatoms. The van der Waals surface area contributed by atoms with Gasteiger partial charge in [0.05, 0.1) is 28.6 Å². The Balaban J connectivity index is 1.81. The molecule has 0 bridgehead atoms. The molecule has 2 heterocycles. The van der Waals surface area contributed by atoms with Gasteiger partial charge in [-0.05, 0) is 40.7 Å². The number of nitrogens with zero attached hydrogens (tertiary/aromatic N) is 3. The average molecular weight is 501 g/mol. The number of likely N-dealkylation sites (tertiary alicyclic amines) is 1. The normalized spacial score (nSPS) is 20.7. The number of carbonyl (C=O) groups excluding carboxylic acids is 1. The van der Waals surface area contributed by atoms with Crippen LogP contribution in [0.3, 0.4) is 0 Å². The van der Waals surface area contributed by atoms with E-state index in [-0.39, 0.29) is 41.1 Å². The molecular weight excluding hydrogens is 471 g/mol. The molecule has 1 aromatic heterocycles. The molecule has 0 spiro atoms. The van der Waals surface area contributed by atoms with Crippen LogP contribution < -0.4 is 5.32 Å². The Labute approximate surface area is 226 Å². The second-order valence-corrected chi connectivity index (χ2v) is 13.1. The first-order chi connectivity index (χ1) is 16.3. The van der Waals surface area contributed by atoms with Gasteiger partial charge in [0.25, 0.3) is 5.91 Å². The van der Waals surface area contributed by atoms with Crippen LogP contribution in [0.5, 0.6) is 0 Å². The Morgan fingerprint density at radius 3 is 2.17 bits per heavy atom. The van der Waals surface area contributed by atoms with Gasteiger partial charge in [0.1, 0.15) is 64.4 Å². The number of benzene rings is 1. The van der Waals surface area contributed by atoms with Gasteiger partial charge >= 0.3 is 0 Å². The zero-order valence-corrected chi connectivity index (χ0v) is 23.6. The number of amides is 1. The highest BCUT2D eigenvalue weighted by Gasteiger charge is 2.58. The number of carbonyl (C=O) groups is 1. The van der Waals surface area contributed by atoms with E-state index in [2.05, 4.69) is 38.8 Å². The number of hydrogen-bond donors (Lipinski definition) is 1. The third-order valence-electron chi connectivity index (χ3n) is 7.53. The second kappa shape index (κ2) is 9.65. The van der Waals surface area contributed by atoms with E-state index < -0.39 is 27.4 Å². The van der Waals surface area contributed by atoms with E-state index in [0.717, 1.165) is 5.56 Å². The molecule has 1 saturated heterocycles. The fraction of sp³-hybridized carbons (Fsp3) is 0.421. The molecule has 1 unspecified atom stereocenters. The van der Waals surface area contributed by atoms with E-state index in [9.17, 15) is 9.18 Å². The summed E-state index contributed by atoms with van der Waals surface area (Å²) in [5.74, 6) is -0.279. The number of rotatable bonds is 6. The first-order valence-corrected chi connectivity index (χ1v) is 12.7. The van der Waals surface area contributed by atoms with Crippen molar-refractivity contribution >= 4 is 88.1 Å². The molecular formula is C19H30B9ClF2N4O. The first-order valence-electron chi connectivity index (χ1n) is 12.4. The van der Waals surface area contributed by atoms with E-state index in [1.807, 2.05) is 59.5 Å². The molecule has 180 valence electrons. The second-order valence-electron chi connectivity index (χ2n) is 12.7. The van der Waals surface area contributed by atoms with Gasteiger partial charge in [-0.15, -0.1) is 0 Å². The lowest BCUT2D eigenvalue weighted by atomic mass is 9.34. The molecule has 1 aliphatic rings. The maximum atomic E-state index is 17.0. The van der Waals surface area contributed by atoms with Gasteiger partial charge in [-0.2, -0.15) is 0 Å². The van der Waals surface area contributed by atoms with Crippen molar-refractivity contribution in [2.75, 3.05) is 13.1 Å². The number of nitrogens with one attached hydrogen (secondary N) is 1. The third-order valence-corrected chi connectivity index (χ3v) is 7.82. The summed E-state index contributed by atoms with van der Waals surface area (Å²) in [5.41, 5.74) is -0.332. The lowest BCUT2D eigenvalue weighted by Gasteiger charge is -2.58. The molecule has 0 saturated carbocycles. The predicted molar refractivity (Wildman–Crippen MR) is 167 cm³/mol. The van der Waals surface area contributed by atoms with Crippen molar-refractivity contribution in [2.45, 2.75) is 33.1 Å². The quantitative estimate of drug-likeness (QED) is 0.401. The molecule has 0 aliphatic carbocycles. The van der Waals surface area contributed by atoms with Crippen LogP contribution >= 0.6 is 11.6 Å². The number of piperidine rings is 1. The first kappa shape index (κ1) is 29.0. The minimum absolute atomic E-state index is 0.0625. The Morgan fingerprint density at radius 1 is 1.08 bits per heavy atom. The summed E-state index contributed by atoms with van der Waals surface area (Å²) in [7, 11) is 17.6. The summed E-state index contributed by atoms with van der Waals surface area (Å²) >= 11 is 5.88. The van der Waals surface area contributed by atoms with E-state index >= 15 is 4.39 Å². The van der Waals surface area contributed by atoms with Gasteiger partial charge in [0, 0.05) is 36.4 Å². The molecule has 36 heavy (non-hydrogen) atoms. The van der Waals surface area contributed by atoms with Crippen molar-refractivity contribution in [1.82, 2.24) is 20.2 Å². The number of alkyl halides is 1. The zero-order valence-electron chi connectivity index (χ0n) is 22.9. The van der Waals surface area contributed by atoms with Gasteiger partial charge < -0.3 is 10.2 Å². The van der Waals surface area contributed by atoms with Crippen LogP contribution in [0.25, 0.3) is 0 Å². The van der Waals surface area contributed by atoms with Crippen LogP contribution in [-0.4, -0.2) is 115 Å². The van der Waals surface area contributed by atoms with Crippen molar-refractivity contribution in [3.05, 3.63) is 58.4 Å². The molecule has 1 aliphatic heterocycles. The van der Waals surface area contributed by atoms with Crippen LogP contribution in [0, 0.1) is 5.82 Å². The predicted octanol–water partition coefficient (Wildman–Crippen LogP) is -6.20. The third kappa shape index (κ3) is 5.50. The van der Waals surface area contributed by atoms with Gasteiger partial charge in [0.2, 0.25) is 0 Å². The van der Waals surface area contributed by atoms with Crippen LogP contribution in [-0.2, 0) is 10.5 Å². The van der Waals surface area contributed by atoms with Crippen molar-refractivity contribution < 1.29 is 13.6 Å².